The molecular formula is C6H12N. The van der Waals surface area contributed by atoms with Crippen molar-refractivity contribution in [2.24, 2.45) is 0 Å². The van der Waals surface area contributed by atoms with Crippen molar-refractivity contribution in [1.82, 2.24) is 5.32 Å². The highest BCUT2D eigenvalue weighted by Crippen LogP contribution is 2.11. The van der Waals surface area contributed by atoms with E-state index in [-0.39, 0.29) is 0 Å². The fourth-order valence-corrected chi connectivity index (χ4v) is 1.07. The van der Waals surface area contributed by atoms with Gasteiger partial charge in [0.25, 0.3) is 0 Å². The van der Waals surface area contributed by atoms with Gasteiger partial charge in [0.2, 0.25) is 0 Å². The second kappa shape index (κ2) is 1.83. The minimum Gasteiger partial charge on any atom is -0.236 e. The molecule has 1 heterocycles. The van der Waals surface area contributed by atoms with E-state index in [1.807, 2.05) is 0 Å². The van der Waals surface area contributed by atoms with E-state index in [0.29, 0.717) is 12.1 Å². The van der Waals surface area contributed by atoms with Crippen LogP contribution in [0.25, 0.3) is 0 Å². The Hall–Kier alpha value is -0.0400. The number of nitrogens with zero attached hydrogens (tertiary/aromatic N) is 1. The fraction of sp³-hybridized carbons (Fsp3) is 1.00. The lowest BCUT2D eigenvalue weighted by atomic mass is 10.2. The van der Waals surface area contributed by atoms with Gasteiger partial charge in [0, 0.05) is 12.1 Å². The van der Waals surface area contributed by atoms with Crippen LogP contribution in [0.4, 0.5) is 0 Å². The maximum absolute atomic E-state index is 4.39. The van der Waals surface area contributed by atoms with Gasteiger partial charge in [-0.15, -0.1) is 0 Å². The number of rotatable bonds is 0. The lowest BCUT2D eigenvalue weighted by Crippen LogP contribution is -2.15. The summed E-state index contributed by atoms with van der Waals surface area (Å²) in [6.45, 7) is 4.37. The van der Waals surface area contributed by atoms with Crippen molar-refractivity contribution < 1.29 is 0 Å². The number of hydrogen-bond acceptors (Lipinski definition) is 0. The Kier molecular flexibility index (Phi) is 1.33. The average Bonchev–Trinajstić information content (AvgIpc) is 1.87. The van der Waals surface area contributed by atoms with Crippen molar-refractivity contribution in [3.63, 3.8) is 0 Å². The standard InChI is InChI=1S/C6H12N/c1-5-3-4-6(2)7-5/h5-6H,3-4H2,1-2H3/t5-,6?/m1/s1. The topological polar surface area (TPSA) is 14.1 Å². The summed E-state index contributed by atoms with van der Waals surface area (Å²) in [4.78, 5) is 0. The van der Waals surface area contributed by atoms with Crippen molar-refractivity contribution in [3.05, 3.63) is 0 Å². The van der Waals surface area contributed by atoms with E-state index in [2.05, 4.69) is 19.2 Å². The van der Waals surface area contributed by atoms with E-state index in [1.165, 1.54) is 12.8 Å². The maximum Gasteiger partial charge on any atom is 0.0221 e. The molecule has 1 saturated heterocycles. The largest absolute Gasteiger partial charge is 0.236 e. The Morgan fingerprint density at radius 1 is 1.14 bits per heavy atom. The van der Waals surface area contributed by atoms with E-state index in [0.717, 1.165) is 0 Å². The summed E-state index contributed by atoms with van der Waals surface area (Å²) in [5, 5.41) is 4.39. The second-order valence-corrected chi connectivity index (χ2v) is 2.42. The maximum atomic E-state index is 4.39. The molecule has 0 aromatic carbocycles. The number of hydrogen-bond donors (Lipinski definition) is 0. The van der Waals surface area contributed by atoms with Crippen molar-refractivity contribution in [2.75, 3.05) is 0 Å². The monoisotopic (exact) mass is 98.1 g/mol. The third kappa shape index (κ3) is 1.16. The van der Waals surface area contributed by atoms with E-state index in [9.17, 15) is 0 Å². The summed E-state index contributed by atoms with van der Waals surface area (Å²) < 4.78 is 0. The molecule has 41 valence electrons. The Balaban J connectivity index is 2.26. The summed E-state index contributed by atoms with van der Waals surface area (Å²) in [6.07, 6.45) is 2.61. The van der Waals surface area contributed by atoms with Crippen molar-refractivity contribution >= 4 is 0 Å². The van der Waals surface area contributed by atoms with Gasteiger partial charge in [0.1, 0.15) is 0 Å². The molecule has 1 aliphatic heterocycles. The van der Waals surface area contributed by atoms with Gasteiger partial charge in [-0.3, -0.25) is 0 Å². The van der Waals surface area contributed by atoms with Crippen molar-refractivity contribution in [2.45, 2.75) is 38.8 Å². The SMILES string of the molecule is CC1CC[C@@H](C)[N]1. The van der Waals surface area contributed by atoms with Crippen LogP contribution in [-0.2, 0) is 0 Å². The fourth-order valence-electron chi connectivity index (χ4n) is 1.07. The summed E-state index contributed by atoms with van der Waals surface area (Å²) in [5.41, 5.74) is 0. The van der Waals surface area contributed by atoms with Crippen LogP contribution >= 0.6 is 0 Å². The van der Waals surface area contributed by atoms with Gasteiger partial charge in [-0.2, -0.15) is 0 Å². The first kappa shape index (κ1) is 5.10. The molecule has 0 aromatic rings. The zero-order valence-electron chi connectivity index (χ0n) is 5.02. The molecule has 7 heavy (non-hydrogen) atoms. The molecule has 1 aliphatic rings. The Bertz CT molecular complexity index is 53.2. The molecular weight excluding hydrogens is 86.1 g/mol. The lowest BCUT2D eigenvalue weighted by Gasteiger charge is -1.98. The first-order valence-corrected chi connectivity index (χ1v) is 2.99. The van der Waals surface area contributed by atoms with E-state index < -0.39 is 0 Å². The van der Waals surface area contributed by atoms with Crippen LogP contribution in [0.15, 0.2) is 0 Å². The highest BCUT2D eigenvalue weighted by molar-refractivity contribution is 4.75. The van der Waals surface area contributed by atoms with Crippen LogP contribution in [0.3, 0.4) is 0 Å². The highest BCUT2D eigenvalue weighted by atomic mass is 15.0. The quantitative estimate of drug-likeness (QED) is 0.431. The van der Waals surface area contributed by atoms with Crippen molar-refractivity contribution in [3.8, 4) is 0 Å². The van der Waals surface area contributed by atoms with E-state index >= 15 is 0 Å². The molecule has 0 aromatic heterocycles. The molecule has 0 N–H and O–H groups in total. The van der Waals surface area contributed by atoms with Gasteiger partial charge in [-0.25, -0.2) is 5.32 Å². The van der Waals surface area contributed by atoms with Crippen LogP contribution in [0.1, 0.15) is 26.7 Å². The van der Waals surface area contributed by atoms with Gasteiger partial charge in [-0.1, -0.05) is 0 Å². The molecule has 0 spiro atoms. The van der Waals surface area contributed by atoms with Gasteiger partial charge >= 0.3 is 0 Å². The molecule has 1 nitrogen and oxygen atoms in total. The smallest absolute Gasteiger partial charge is 0.0221 e. The molecule has 1 radical (unpaired) electrons. The first-order chi connectivity index (χ1) is 3.29. The predicted molar refractivity (Wildman–Crippen MR) is 30.3 cm³/mol. The van der Waals surface area contributed by atoms with Gasteiger partial charge in [0.15, 0.2) is 0 Å². The first-order valence-electron chi connectivity index (χ1n) is 2.99. The molecule has 0 amide bonds. The predicted octanol–water partition coefficient (Wildman–Crippen LogP) is 1.16. The minimum absolute atomic E-state index is 0.648. The molecule has 1 heteroatoms. The Labute approximate surface area is 45.1 Å². The van der Waals surface area contributed by atoms with Gasteiger partial charge < -0.3 is 0 Å². The van der Waals surface area contributed by atoms with Crippen LogP contribution in [0.2, 0.25) is 0 Å². The summed E-state index contributed by atoms with van der Waals surface area (Å²) in [7, 11) is 0. The molecule has 1 rings (SSSR count). The average molecular weight is 98.2 g/mol. The van der Waals surface area contributed by atoms with Crippen LogP contribution in [-0.4, -0.2) is 12.1 Å². The minimum atomic E-state index is 0.648. The Morgan fingerprint density at radius 3 is 1.71 bits per heavy atom. The van der Waals surface area contributed by atoms with Crippen LogP contribution < -0.4 is 5.32 Å². The zero-order chi connectivity index (χ0) is 5.28. The van der Waals surface area contributed by atoms with E-state index in [4.69, 9.17) is 0 Å². The van der Waals surface area contributed by atoms with Crippen molar-refractivity contribution in [1.29, 1.82) is 0 Å². The summed E-state index contributed by atoms with van der Waals surface area (Å²) in [6, 6.07) is 1.30. The molecule has 2 atom stereocenters. The summed E-state index contributed by atoms with van der Waals surface area (Å²) >= 11 is 0. The zero-order valence-corrected chi connectivity index (χ0v) is 5.02. The van der Waals surface area contributed by atoms with Crippen LogP contribution in [0.5, 0.6) is 0 Å². The lowest BCUT2D eigenvalue weighted by molar-refractivity contribution is 0.582. The highest BCUT2D eigenvalue weighted by Gasteiger charge is 2.16. The molecule has 0 bridgehead atoms. The molecule has 1 fully saturated rings. The summed E-state index contributed by atoms with van der Waals surface area (Å²) in [5.74, 6) is 0. The van der Waals surface area contributed by atoms with Crippen LogP contribution in [0, 0.1) is 0 Å². The third-order valence-corrected chi connectivity index (χ3v) is 1.51. The molecule has 0 saturated carbocycles. The van der Waals surface area contributed by atoms with E-state index in [1.54, 1.807) is 0 Å². The normalized spacial score (nSPS) is 42.0. The molecule has 0 aliphatic carbocycles. The Morgan fingerprint density at radius 2 is 1.57 bits per heavy atom. The van der Waals surface area contributed by atoms with Gasteiger partial charge in [0.05, 0.1) is 0 Å². The van der Waals surface area contributed by atoms with Gasteiger partial charge in [-0.05, 0) is 26.7 Å². The third-order valence-electron chi connectivity index (χ3n) is 1.51. The molecule has 1 unspecified atom stereocenters. The second-order valence-electron chi connectivity index (χ2n) is 2.42.